The van der Waals surface area contributed by atoms with Gasteiger partial charge in [0.15, 0.2) is 11.5 Å². The Morgan fingerprint density at radius 1 is 0.897 bits per heavy atom. The van der Waals surface area contributed by atoms with Crippen LogP contribution < -0.4 is 5.32 Å². The van der Waals surface area contributed by atoms with Crippen molar-refractivity contribution in [3.8, 4) is 22.6 Å². The van der Waals surface area contributed by atoms with Gasteiger partial charge in [0.25, 0.3) is 0 Å². The quantitative estimate of drug-likeness (QED) is 0.481. The number of nitrogens with zero attached hydrogens (tertiary/aromatic N) is 4. The smallest absolute Gasteiger partial charge is 0.363 e. The summed E-state index contributed by atoms with van der Waals surface area (Å²) in [4.78, 5) is 16.3. The maximum Gasteiger partial charge on any atom is 0.433 e. The molecule has 5 nitrogen and oxygen atoms in total. The first-order chi connectivity index (χ1) is 14.0. The van der Waals surface area contributed by atoms with E-state index in [-0.39, 0.29) is 18.2 Å². The van der Waals surface area contributed by atoms with Crippen molar-refractivity contribution in [3.63, 3.8) is 0 Å². The summed E-state index contributed by atoms with van der Waals surface area (Å²) in [5.41, 5.74) is 1.25. The average molecular weight is 413 g/mol. The largest absolute Gasteiger partial charge is 0.433 e. The third kappa shape index (κ3) is 4.57. The van der Waals surface area contributed by atoms with E-state index in [0.29, 0.717) is 5.56 Å². The zero-order chi connectivity index (χ0) is 20.3. The molecule has 29 heavy (non-hydrogen) atoms. The highest BCUT2D eigenvalue weighted by molar-refractivity contribution is 7.09. The summed E-state index contributed by atoms with van der Waals surface area (Å²) < 4.78 is 39.8. The average Bonchev–Trinajstić information content (AvgIpc) is 3.22. The number of rotatable bonds is 5. The van der Waals surface area contributed by atoms with Crippen LogP contribution in [-0.2, 0) is 12.7 Å². The summed E-state index contributed by atoms with van der Waals surface area (Å²) in [5.74, 6) is 0.0597. The fraction of sp³-hybridized carbons (Fsp3) is 0.100. The number of alkyl halides is 3. The van der Waals surface area contributed by atoms with Gasteiger partial charge in [0, 0.05) is 35.0 Å². The van der Waals surface area contributed by atoms with E-state index in [0.717, 1.165) is 22.3 Å². The minimum Gasteiger partial charge on any atom is -0.363 e. The maximum atomic E-state index is 13.3. The minimum absolute atomic E-state index is 0.0196. The Bertz CT molecular complexity index is 1100. The van der Waals surface area contributed by atoms with Crippen LogP contribution in [0, 0.1) is 0 Å². The highest BCUT2D eigenvalue weighted by Gasteiger charge is 2.33. The molecule has 1 N–H and O–H groups in total. The second-order valence-corrected chi connectivity index (χ2v) is 6.98. The summed E-state index contributed by atoms with van der Waals surface area (Å²) in [6, 6.07) is 13.7. The number of halogens is 3. The number of anilines is 1. The number of nitrogens with one attached hydrogen (secondary N) is 1. The van der Waals surface area contributed by atoms with E-state index >= 15 is 0 Å². The monoisotopic (exact) mass is 413 g/mol. The molecule has 3 heterocycles. The molecule has 4 rings (SSSR count). The Kier molecular flexibility index (Phi) is 5.22. The van der Waals surface area contributed by atoms with Crippen LogP contribution in [0.2, 0.25) is 0 Å². The molecule has 3 aromatic heterocycles. The van der Waals surface area contributed by atoms with Gasteiger partial charge in [0.05, 0.1) is 12.2 Å². The van der Waals surface area contributed by atoms with Crippen molar-refractivity contribution in [2.45, 2.75) is 12.7 Å². The molecule has 0 aliphatic heterocycles. The van der Waals surface area contributed by atoms with E-state index < -0.39 is 11.9 Å². The van der Waals surface area contributed by atoms with Crippen molar-refractivity contribution < 1.29 is 13.2 Å². The van der Waals surface area contributed by atoms with Gasteiger partial charge in [-0.1, -0.05) is 30.3 Å². The Balaban J connectivity index is 1.58. The number of hydrogen-bond acceptors (Lipinski definition) is 6. The Labute approximate surface area is 168 Å². The van der Waals surface area contributed by atoms with Crippen LogP contribution in [-0.4, -0.2) is 19.9 Å². The summed E-state index contributed by atoms with van der Waals surface area (Å²) in [5, 5.41) is 5.58. The minimum atomic E-state index is -4.58. The summed E-state index contributed by atoms with van der Waals surface area (Å²) >= 11 is 1.43. The number of thiazole rings is 1. The first-order valence-corrected chi connectivity index (χ1v) is 9.47. The van der Waals surface area contributed by atoms with Gasteiger partial charge >= 0.3 is 6.18 Å². The lowest BCUT2D eigenvalue weighted by Crippen LogP contribution is -2.12. The van der Waals surface area contributed by atoms with Gasteiger partial charge < -0.3 is 5.32 Å². The standard InChI is InChI=1S/C20H14F3N5S/c21-20(22,23)16-10-17(28-19(27-16)14-6-8-24-9-7-14)25-11-18-26-15(12-29-18)13-4-2-1-3-5-13/h1-10,12H,11H2,(H,25,27,28). The summed E-state index contributed by atoms with van der Waals surface area (Å²) in [6.07, 6.45) is -1.62. The van der Waals surface area contributed by atoms with Gasteiger partial charge in [-0.05, 0) is 12.1 Å². The molecule has 0 aliphatic rings. The third-order valence-corrected chi connectivity index (χ3v) is 4.85. The van der Waals surface area contributed by atoms with Crippen LogP contribution >= 0.6 is 11.3 Å². The molecule has 0 aliphatic carbocycles. The SMILES string of the molecule is FC(F)(F)c1cc(NCc2nc(-c3ccccc3)cs2)nc(-c2ccncc2)n1. The van der Waals surface area contributed by atoms with E-state index in [4.69, 9.17) is 0 Å². The van der Waals surface area contributed by atoms with E-state index in [9.17, 15) is 13.2 Å². The van der Waals surface area contributed by atoms with Crippen LogP contribution in [0.4, 0.5) is 19.0 Å². The molecule has 0 amide bonds. The lowest BCUT2D eigenvalue weighted by atomic mass is 10.2. The number of aromatic nitrogens is 4. The number of pyridine rings is 1. The Morgan fingerprint density at radius 3 is 2.38 bits per heavy atom. The predicted molar refractivity (Wildman–Crippen MR) is 105 cm³/mol. The molecule has 0 atom stereocenters. The first-order valence-electron chi connectivity index (χ1n) is 8.59. The highest BCUT2D eigenvalue weighted by Crippen LogP contribution is 2.31. The molecule has 1 aromatic carbocycles. The van der Waals surface area contributed by atoms with Crippen molar-refractivity contribution in [1.82, 2.24) is 19.9 Å². The van der Waals surface area contributed by atoms with Crippen molar-refractivity contribution >= 4 is 17.2 Å². The normalized spacial score (nSPS) is 11.4. The molecule has 0 fully saturated rings. The third-order valence-electron chi connectivity index (χ3n) is 4.00. The van der Waals surface area contributed by atoms with E-state index in [1.54, 1.807) is 12.1 Å². The maximum absolute atomic E-state index is 13.3. The van der Waals surface area contributed by atoms with Crippen LogP contribution in [0.5, 0.6) is 0 Å². The van der Waals surface area contributed by atoms with E-state index in [2.05, 4.69) is 25.3 Å². The number of benzene rings is 1. The van der Waals surface area contributed by atoms with Crippen molar-refractivity contribution in [2.24, 2.45) is 0 Å². The zero-order valence-electron chi connectivity index (χ0n) is 14.9. The fourth-order valence-electron chi connectivity index (χ4n) is 2.61. The van der Waals surface area contributed by atoms with Crippen LogP contribution in [0.25, 0.3) is 22.6 Å². The topological polar surface area (TPSA) is 63.6 Å². The summed E-state index contributed by atoms with van der Waals surface area (Å²) in [6.45, 7) is 0.252. The molecule has 4 aromatic rings. The molecule has 0 saturated heterocycles. The fourth-order valence-corrected chi connectivity index (χ4v) is 3.36. The lowest BCUT2D eigenvalue weighted by Gasteiger charge is -2.11. The Hall–Kier alpha value is -3.33. The first kappa shape index (κ1) is 19.0. The second kappa shape index (κ2) is 7.96. The lowest BCUT2D eigenvalue weighted by molar-refractivity contribution is -0.141. The molecule has 0 unspecified atom stereocenters. The van der Waals surface area contributed by atoms with Crippen LogP contribution in [0.3, 0.4) is 0 Å². The molecule has 0 radical (unpaired) electrons. The van der Waals surface area contributed by atoms with Crippen molar-refractivity contribution in [2.75, 3.05) is 5.32 Å². The van der Waals surface area contributed by atoms with Crippen LogP contribution in [0.1, 0.15) is 10.7 Å². The molecule has 0 bridgehead atoms. The molecule has 146 valence electrons. The van der Waals surface area contributed by atoms with Crippen molar-refractivity contribution in [3.05, 3.63) is 77.0 Å². The van der Waals surface area contributed by atoms with Gasteiger partial charge in [0.1, 0.15) is 10.8 Å². The van der Waals surface area contributed by atoms with Gasteiger partial charge in [-0.3, -0.25) is 4.98 Å². The van der Waals surface area contributed by atoms with Gasteiger partial charge in [-0.25, -0.2) is 15.0 Å². The molecular weight excluding hydrogens is 399 g/mol. The number of hydrogen-bond donors (Lipinski definition) is 1. The second-order valence-electron chi connectivity index (χ2n) is 6.04. The molecular formula is C20H14F3N5S. The summed E-state index contributed by atoms with van der Waals surface area (Å²) in [7, 11) is 0. The highest BCUT2D eigenvalue weighted by atomic mass is 32.1. The predicted octanol–water partition coefficient (Wildman–Crippen LogP) is 5.29. The van der Waals surface area contributed by atoms with E-state index in [1.807, 2.05) is 35.7 Å². The van der Waals surface area contributed by atoms with E-state index in [1.165, 1.54) is 23.7 Å². The molecule has 0 spiro atoms. The van der Waals surface area contributed by atoms with Gasteiger partial charge in [-0.2, -0.15) is 13.2 Å². The van der Waals surface area contributed by atoms with Crippen LogP contribution in [0.15, 0.2) is 66.3 Å². The van der Waals surface area contributed by atoms with Gasteiger partial charge in [0.2, 0.25) is 0 Å². The van der Waals surface area contributed by atoms with Crippen molar-refractivity contribution in [1.29, 1.82) is 0 Å². The Morgan fingerprint density at radius 2 is 1.66 bits per heavy atom. The van der Waals surface area contributed by atoms with Gasteiger partial charge in [-0.15, -0.1) is 11.3 Å². The molecule has 0 saturated carbocycles. The molecule has 9 heteroatoms. The zero-order valence-corrected chi connectivity index (χ0v) is 15.7.